The molecule has 2 N–H and O–H groups in total. The zero-order valence-electron chi connectivity index (χ0n) is 3.17. The Hall–Kier alpha value is -1.10. The van der Waals surface area contributed by atoms with Gasteiger partial charge in [-0.25, -0.2) is 4.79 Å². The molecule has 5 heteroatoms. The summed E-state index contributed by atoms with van der Waals surface area (Å²) in [5, 5.41) is 16.7. The first-order valence-electron chi connectivity index (χ1n) is 1.34. The summed E-state index contributed by atoms with van der Waals surface area (Å²) in [6, 6.07) is 0. The number of hydrogen-bond donors (Lipinski definition) is 2. The third-order valence-corrected chi connectivity index (χ3v) is 0.287. The Balaban J connectivity index is 3.58. The maximum atomic E-state index is 9.49. The monoisotopic (exact) mass is 104 g/mol. The molecule has 7 heavy (non-hydrogen) atoms. The number of hydrogen-bond acceptors (Lipinski definition) is 3. The van der Waals surface area contributed by atoms with Crippen LogP contribution >= 0.6 is 0 Å². The van der Waals surface area contributed by atoms with Gasteiger partial charge in [0.05, 0.1) is 0 Å². The predicted octanol–water partition coefficient (Wildman–Crippen LogP) is -1.31. The van der Waals surface area contributed by atoms with E-state index < -0.39 is 11.9 Å². The van der Waals surface area contributed by atoms with Crippen molar-refractivity contribution in [2.75, 3.05) is 0 Å². The molecule has 0 unspecified atom stereocenters. The summed E-state index contributed by atoms with van der Waals surface area (Å²) in [6.45, 7) is 0. The minimum Gasteiger partial charge on any atom is -0.758 e. The lowest BCUT2D eigenvalue weighted by atomic mass is 10.7. The van der Waals surface area contributed by atoms with Crippen molar-refractivity contribution in [3.8, 4) is 0 Å². The Labute approximate surface area is 38.5 Å². The Morgan fingerprint density at radius 2 is 2.00 bits per heavy atom. The van der Waals surface area contributed by atoms with Crippen LogP contribution in [0.2, 0.25) is 0 Å². The van der Waals surface area contributed by atoms with Gasteiger partial charge in [-0.05, 0) is 0 Å². The first-order chi connectivity index (χ1) is 3.18. The van der Waals surface area contributed by atoms with Crippen LogP contribution < -0.4 is 5.48 Å². The number of rotatable bonds is 0. The molecule has 0 rings (SSSR count). The number of nitrogens with one attached hydrogen (secondary N) is 1. The molecular formula is C2H2NO4-. The topological polar surface area (TPSA) is 89.5 Å². The largest absolute Gasteiger partial charge is 0.758 e. The zero-order chi connectivity index (χ0) is 5.86. The van der Waals surface area contributed by atoms with Crippen molar-refractivity contribution in [1.29, 1.82) is 0 Å². The molecule has 0 aliphatic heterocycles. The van der Waals surface area contributed by atoms with Gasteiger partial charge in [0.15, 0.2) is 0 Å². The molecule has 0 aliphatic carbocycles. The molecular weight excluding hydrogens is 102 g/mol. The molecule has 0 heterocycles. The van der Waals surface area contributed by atoms with Crippen LogP contribution in [0.1, 0.15) is 0 Å². The van der Waals surface area contributed by atoms with Gasteiger partial charge in [-0.15, -0.1) is 0 Å². The SMILES string of the molecule is O=C(O)C(=O)N[O-]. The molecule has 0 aromatic carbocycles. The number of carboxylic acids is 1. The number of carbonyl (C=O) groups is 2. The minimum absolute atomic E-state index is 0.676. The molecule has 0 spiro atoms. The van der Waals surface area contributed by atoms with E-state index in [9.17, 15) is 9.59 Å². The van der Waals surface area contributed by atoms with Crippen molar-refractivity contribution in [2.24, 2.45) is 0 Å². The maximum absolute atomic E-state index is 9.49. The molecule has 0 saturated heterocycles. The van der Waals surface area contributed by atoms with Crippen LogP contribution in [0, 0.1) is 5.21 Å². The highest BCUT2D eigenvalue weighted by Gasteiger charge is 2.02. The number of amides is 1. The Morgan fingerprint density at radius 3 is 2.00 bits per heavy atom. The Morgan fingerprint density at radius 1 is 1.57 bits per heavy atom. The summed E-state index contributed by atoms with van der Waals surface area (Å²) in [6.07, 6.45) is 0. The molecule has 0 saturated carbocycles. The predicted molar refractivity (Wildman–Crippen MR) is 19.1 cm³/mol. The van der Waals surface area contributed by atoms with E-state index in [2.05, 4.69) is 0 Å². The van der Waals surface area contributed by atoms with Crippen molar-refractivity contribution in [3.63, 3.8) is 0 Å². The first kappa shape index (κ1) is 5.90. The fourth-order valence-electron chi connectivity index (χ4n) is 0.0437. The second-order valence-corrected chi connectivity index (χ2v) is 0.736. The smallest absolute Gasteiger partial charge is 0.393 e. The number of carbonyl (C=O) groups excluding carboxylic acids is 1. The lowest BCUT2D eigenvalue weighted by Gasteiger charge is -1.99. The van der Waals surface area contributed by atoms with E-state index in [1.807, 2.05) is 0 Å². The van der Waals surface area contributed by atoms with Gasteiger partial charge in [-0.2, -0.15) is 0 Å². The van der Waals surface area contributed by atoms with Gasteiger partial charge in [-0.1, -0.05) is 0 Å². The van der Waals surface area contributed by atoms with Gasteiger partial charge in [0.25, 0.3) is 0 Å². The van der Waals surface area contributed by atoms with Crippen molar-refractivity contribution < 1.29 is 14.7 Å². The fraction of sp³-hybridized carbons (Fsp3) is 0. The summed E-state index contributed by atoms with van der Waals surface area (Å²) in [5.41, 5.74) is 0.676. The Kier molecular flexibility index (Phi) is 1.80. The molecule has 0 aromatic rings. The molecule has 0 atom stereocenters. The molecule has 1 amide bonds. The molecule has 0 radical (unpaired) electrons. The third kappa shape index (κ3) is 1.72. The standard InChI is InChI=1S/C2H2NO4/c4-1(3-7)2(5)6/h(H2-,3,4,5,6,7)/q-1. The molecule has 5 nitrogen and oxygen atoms in total. The van der Waals surface area contributed by atoms with E-state index in [0.29, 0.717) is 5.48 Å². The molecule has 40 valence electrons. The minimum atomic E-state index is -1.77. The van der Waals surface area contributed by atoms with Gasteiger partial charge in [-0.3, -0.25) is 4.79 Å². The zero-order valence-corrected chi connectivity index (χ0v) is 3.17. The van der Waals surface area contributed by atoms with Crippen LogP contribution in [-0.4, -0.2) is 17.0 Å². The van der Waals surface area contributed by atoms with E-state index >= 15 is 0 Å². The summed E-state index contributed by atoms with van der Waals surface area (Å²) >= 11 is 0. The van der Waals surface area contributed by atoms with Gasteiger partial charge >= 0.3 is 11.9 Å². The van der Waals surface area contributed by atoms with E-state index in [1.54, 1.807) is 0 Å². The second kappa shape index (κ2) is 2.14. The molecule has 0 aliphatic rings. The van der Waals surface area contributed by atoms with Crippen LogP contribution in [0.15, 0.2) is 0 Å². The lowest BCUT2D eigenvalue weighted by Crippen LogP contribution is -2.25. The van der Waals surface area contributed by atoms with Gasteiger partial charge in [0.2, 0.25) is 0 Å². The average molecular weight is 104 g/mol. The average Bonchev–Trinajstić information content (AvgIpc) is 1.65. The van der Waals surface area contributed by atoms with Gasteiger partial charge in [0, 0.05) is 0 Å². The van der Waals surface area contributed by atoms with E-state index in [4.69, 9.17) is 10.3 Å². The van der Waals surface area contributed by atoms with Gasteiger partial charge < -0.3 is 15.8 Å². The highest BCUT2D eigenvalue weighted by molar-refractivity contribution is 6.31. The van der Waals surface area contributed by atoms with E-state index in [-0.39, 0.29) is 0 Å². The van der Waals surface area contributed by atoms with Gasteiger partial charge in [0.1, 0.15) is 0 Å². The first-order valence-corrected chi connectivity index (χ1v) is 1.34. The summed E-state index contributed by atoms with van der Waals surface area (Å²) in [4.78, 5) is 18.8. The number of carboxylic acid groups (broad SMARTS) is 1. The van der Waals surface area contributed by atoms with E-state index in [1.165, 1.54) is 0 Å². The highest BCUT2D eigenvalue weighted by Crippen LogP contribution is 1.58. The summed E-state index contributed by atoms with van der Waals surface area (Å²) < 4.78 is 0. The van der Waals surface area contributed by atoms with E-state index in [0.717, 1.165) is 0 Å². The van der Waals surface area contributed by atoms with Crippen molar-refractivity contribution in [3.05, 3.63) is 5.21 Å². The van der Waals surface area contributed by atoms with Crippen molar-refractivity contribution in [1.82, 2.24) is 5.48 Å². The molecule has 0 aromatic heterocycles. The Bertz CT molecular complexity index is 97.9. The van der Waals surface area contributed by atoms with Crippen molar-refractivity contribution >= 4 is 11.9 Å². The van der Waals surface area contributed by atoms with Crippen LogP contribution in [-0.2, 0) is 9.59 Å². The van der Waals surface area contributed by atoms with Crippen LogP contribution in [0.25, 0.3) is 0 Å². The summed E-state index contributed by atoms with van der Waals surface area (Å²) in [7, 11) is 0. The fourth-order valence-corrected chi connectivity index (χ4v) is 0.0437. The van der Waals surface area contributed by atoms with Crippen LogP contribution in [0.5, 0.6) is 0 Å². The van der Waals surface area contributed by atoms with Crippen LogP contribution in [0.3, 0.4) is 0 Å². The number of hydroxylamine groups is 1. The molecule has 0 bridgehead atoms. The highest BCUT2D eigenvalue weighted by atomic mass is 16.5. The van der Waals surface area contributed by atoms with Crippen LogP contribution in [0.4, 0.5) is 0 Å². The normalized spacial score (nSPS) is 7.57. The quantitative estimate of drug-likeness (QED) is 0.295. The maximum Gasteiger partial charge on any atom is 0.393 e. The molecule has 0 fully saturated rings. The van der Waals surface area contributed by atoms with Crippen molar-refractivity contribution in [2.45, 2.75) is 0 Å². The lowest BCUT2D eigenvalue weighted by molar-refractivity contribution is -0.149. The number of aliphatic carboxylic acids is 1. The second-order valence-electron chi connectivity index (χ2n) is 0.736. The summed E-state index contributed by atoms with van der Waals surface area (Å²) in [5.74, 6) is -3.31. The third-order valence-electron chi connectivity index (χ3n) is 0.287.